The van der Waals surface area contributed by atoms with E-state index >= 15 is 0 Å². The quantitative estimate of drug-likeness (QED) is 0.633. The van der Waals surface area contributed by atoms with Crippen molar-refractivity contribution in [3.05, 3.63) is 70.8 Å². The molecule has 6 heteroatoms. The molecule has 0 spiro atoms. The fraction of sp³-hybridized carbons (Fsp3) is 0.381. The van der Waals surface area contributed by atoms with Crippen LogP contribution in [0.5, 0.6) is 0 Å². The number of ether oxygens (including phenoxy) is 1. The predicted molar refractivity (Wildman–Crippen MR) is 100 cm³/mol. The second kappa shape index (κ2) is 8.63. The van der Waals surface area contributed by atoms with Gasteiger partial charge in [-0.25, -0.2) is 0 Å². The van der Waals surface area contributed by atoms with Crippen molar-refractivity contribution in [2.75, 3.05) is 13.7 Å². The van der Waals surface area contributed by atoms with Gasteiger partial charge in [-0.05, 0) is 35.2 Å². The molecule has 1 aliphatic rings. The molecule has 1 amide bonds. The van der Waals surface area contributed by atoms with Crippen LogP contribution in [0.1, 0.15) is 39.6 Å². The number of nitrogens with one attached hydrogen (secondary N) is 1. The van der Waals surface area contributed by atoms with E-state index in [2.05, 4.69) is 5.32 Å². The predicted octanol–water partition coefficient (Wildman–Crippen LogP) is 1.18. The molecule has 144 valence electrons. The number of hydrogen-bond donors (Lipinski definition) is 4. The first-order valence-electron chi connectivity index (χ1n) is 9.04. The van der Waals surface area contributed by atoms with Gasteiger partial charge < -0.3 is 25.4 Å². The fourth-order valence-corrected chi connectivity index (χ4v) is 3.43. The summed E-state index contributed by atoms with van der Waals surface area (Å²) in [7, 11) is 1.60. The van der Waals surface area contributed by atoms with Crippen molar-refractivity contribution in [3.63, 3.8) is 0 Å². The number of rotatable bonds is 5. The van der Waals surface area contributed by atoms with E-state index in [1.807, 2.05) is 42.5 Å². The molecule has 2 aromatic carbocycles. The standard InChI is InChI=1S/C21H25NO5/c1-22-21(26)16-7-3-5-14(10-16)8-13-4-2-6-15(9-13)20-19(25)18(24)11-17(12-23)27-20/h2-7,9-10,17-20,23-25H,8,11-12H2,1H3,(H,22,26)/t17?,18?,19?,20-/m1/s1. The highest BCUT2D eigenvalue weighted by Gasteiger charge is 2.37. The van der Waals surface area contributed by atoms with Crippen LogP contribution >= 0.6 is 0 Å². The highest BCUT2D eigenvalue weighted by Crippen LogP contribution is 2.32. The van der Waals surface area contributed by atoms with E-state index < -0.39 is 24.4 Å². The van der Waals surface area contributed by atoms with Gasteiger partial charge in [0.15, 0.2) is 0 Å². The van der Waals surface area contributed by atoms with Crippen LogP contribution in [0, 0.1) is 0 Å². The lowest BCUT2D eigenvalue weighted by Gasteiger charge is -2.37. The van der Waals surface area contributed by atoms with Crippen LogP contribution in [-0.4, -0.2) is 53.2 Å². The van der Waals surface area contributed by atoms with Crippen molar-refractivity contribution < 1.29 is 24.9 Å². The van der Waals surface area contributed by atoms with E-state index in [1.54, 1.807) is 13.1 Å². The maximum atomic E-state index is 11.8. The van der Waals surface area contributed by atoms with E-state index in [-0.39, 0.29) is 18.9 Å². The van der Waals surface area contributed by atoms with E-state index in [0.717, 1.165) is 16.7 Å². The number of carbonyl (C=O) groups is 1. The average molecular weight is 371 g/mol. The van der Waals surface area contributed by atoms with Gasteiger partial charge in [0.1, 0.15) is 12.2 Å². The van der Waals surface area contributed by atoms with Gasteiger partial charge in [0.25, 0.3) is 5.91 Å². The van der Waals surface area contributed by atoms with E-state index in [1.165, 1.54) is 0 Å². The highest BCUT2D eigenvalue weighted by atomic mass is 16.5. The lowest BCUT2D eigenvalue weighted by Crippen LogP contribution is -2.44. The first kappa shape index (κ1) is 19.5. The van der Waals surface area contributed by atoms with Crippen LogP contribution in [-0.2, 0) is 11.2 Å². The smallest absolute Gasteiger partial charge is 0.251 e. The Morgan fingerprint density at radius 2 is 1.85 bits per heavy atom. The van der Waals surface area contributed by atoms with Crippen molar-refractivity contribution in [2.24, 2.45) is 0 Å². The molecule has 6 nitrogen and oxygen atoms in total. The van der Waals surface area contributed by atoms with Gasteiger partial charge in [0.2, 0.25) is 0 Å². The monoisotopic (exact) mass is 371 g/mol. The number of hydrogen-bond acceptors (Lipinski definition) is 5. The summed E-state index contributed by atoms with van der Waals surface area (Å²) >= 11 is 0. The molecule has 2 aromatic rings. The maximum Gasteiger partial charge on any atom is 0.251 e. The SMILES string of the molecule is CNC(=O)c1cccc(Cc2cccc([C@H]3OC(CO)CC(O)C3O)c2)c1. The first-order chi connectivity index (χ1) is 13.0. The zero-order valence-corrected chi connectivity index (χ0v) is 15.2. The minimum Gasteiger partial charge on any atom is -0.394 e. The lowest BCUT2D eigenvalue weighted by molar-refractivity contribution is -0.179. The zero-order chi connectivity index (χ0) is 19.4. The summed E-state index contributed by atoms with van der Waals surface area (Å²) < 4.78 is 5.76. The molecule has 4 N–H and O–H groups in total. The summed E-state index contributed by atoms with van der Waals surface area (Å²) in [6.45, 7) is -0.202. The van der Waals surface area contributed by atoms with Crippen molar-refractivity contribution in [1.82, 2.24) is 5.32 Å². The molecule has 0 radical (unpaired) electrons. The number of amides is 1. The summed E-state index contributed by atoms with van der Waals surface area (Å²) in [5.41, 5.74) is 3.34. The minimum atomic E-state index is -1.04. The van der Waals surface area contributed by atoms with Gasteiger partial charge >= 0.3 is 0 Å². The van der Waals surface area contributed by atoms with Gasteiger partial charge in [-0.3, -0.25) is 4.79 Å². The Bertz CT molecular complexity index is 794. The van der Waals surface area contributed by atoms with Crippen LogP contribution in [0.15, 0.2) is 48.5 Å². The van der Waals surface area contributed by atoms with E-state index in [9.17, 15) is 20.1 Å². The molecular formula is C21H25NO5. The molecule has 1 heterocycles. The number of benzene rings is 2. The van der Waals surface area contributed by atoms with E-state index in [0.29, 0.717) is 12.0 Å². The minimum absolute atomic E-state index is 0.131. The molecule has 0 aromatic heterocycles. The van der Waals surface area contributed by atoms with Crippen molar-refractivity contribution in [3.8, 4) is 0 Å². The molecule has 1 aliphatic heterocycles. The third-order valence-electron chi connectivity index (χ3n) is 4.86. The lowest BCUT2D eigenvalue weighted by atomic mass is 9.91. The Labute approximate surface area is 158 Å². The Morgan fingerprint density at radius 1 is 1.15 bits per heavy atom. The summed E-state index contributed by atoms with van der Waals surface area (Å²) in [4.78, 5) is 11.8. The van der Waals surface area contributed by atoms with Crippen LogP contribution in [0.4, 0.5) is 0 Å². The van der Waals surface area contributed by atoms with E-state index in [4.69, 9.17) is 4.74 Å². The topological polar surface area (TPSA) is 99.0 Å². The molecule has 0 saturated carbocycles. The molecule has 1 saturated heterocycles. The Hall–Kier alpha value is -2.25. The zero-order valence-electron chi connectivity index (χ0n) is 15.2. The molecule has 3 rings (SSSR count). The second-order valence-electron chi connectivity index (χ2n) is 6.86. The van der Waals surface area contributed by atoms with Crippen molar-refractivity contribution >= 4 is 5.91 Å². The summed E-state index contributed by atoms with van der Waals surface area (Å²) in [5, 5.41) is 32.3. The second-order valence-corrected chi connectivity index (χ2v) is 6.86. The highest BCUT2D eigenvalue weighted by molar-refractivity contribution is 5.94. The van der Waals surface area contributed by atoms with Gasteiger partial charge in [-0.2, -0.15) is 0 Å². The third kappa shape index (κ3) is 4.54. The molecule has 27 heavy (non-hydrogen) atoms. The molecule has 4 atom stereocenters. The average Bonchev–Trinajstić information content (AvgIpc) is 2.69. The Balaban J connectivity index is 1.80. The van der Waals surface area contributed by atoms with Gasteiger partial charge in [-0.1, -0.05) is 36.4 Å². The van der Waals surface area contributed by atoms with Crippen LogP contribution in [0.25, 0.3) is 0 Å². The fourth-order valence-electron chi connectivity index (χ4n) is 3.43. The maximum absolute atomic E-state index is 11.8. The largest absolute Gasteiger partial charge is 0.394 e. The normalized spacial score (nSPS) is 25.2. The Kier molecular flexibility index (Phi) is 6.23. The van der Waals surface area contributed by atoms with Crippen LogP contribution in [0.2, 0.25) is 0 Å². The molecule has 3 unspecified atom stereocenters. The summed E-state index contributed by atoms with van der Waals surface area (Å²) in [6.07, 6.45) is -2.34. The van der Waals surface area contributed by atoms with Gasteiger partial charge in [0, 0.05) is 19.0 Å². The Morgan fingerprint density at radius 3 is 2.56 bits per heavy atom. The van der Waals surface area contributed by atoms with Crippen molar-refractivity contribution in [1.29, 1.82) is 0 Å². The van der Waals surface area contributed by atoms with Crippen LogP contribution in [0.3, 0.4) is 0 Å². The summed E-state index contributed by atoms with van der Waals surface area (Å²) in [6, 6.07) is 15.0. The number of aliphatic hydroxyl groups excluding tert-OH is 3. The van der Waals surface area contributed by atoms with Gasteiger partial charge in [-0.15, -0.1) is 0 Å². The molecular weight excluding hydrogens is 346 g/mol. The molecule has 0 bridgehead atoms. The molecule has 0 aliphatic carbocycles. The number of carbonyl (C=O) groups excluding carboxylic acids is 1. The molecule has 1 fully saturated rings. The third-order valence-corrected chi connectivity index (χ3v) is 4.86. The van der Waals surface area contributed by atoms with Crippen LogP contribution < -0.4 is 5.32 Å². The number of aliphatic hydroxyl groups is 3. The summed E-state index contributed by atoms with van der Waals surface area (Å²) in [5.74, 6) is -0.131. The first-order valence-corrected chi connectivity index (χ1v) is 9.04. The van der Waals surface area contributed by atoms with Crippen molar-refractivity contribution in [2.45, 2.75) is 37.3 Å². The van der Waals surface area contributed by atoms with Gasteiger partial charge in [0.05, 0.1) is 18.8 Å².